The van der Waals surface area contributed by atoms with Crippen molar-refractivity contribution in [1.82, 2.24) is 5.32 Å². The van der Waals surface area contributed by atoms with Gasteiger partial charge in [-0.25, -0.2) is 9.18 Å². The third kappa shape index (κ3) is 4.91. The highest BCUT2D eigenvalue weighted by Crippen LogP contribution is 2.05. The fourth-order valence-electron chi connectivity index (χ4n) is 1.42. The highest BCUT2D eigenvalue weighted by molar-refractivity contribution is 5.96. The largest absolute Gasteiger partial charge is 0.480 e. The van der Waals surface area contributed by atoms with E-state index < -0.39 is 23.7 Å². The summed E-state index contributed by atoms with van der Waals surface area (Å²) in [4.78, 5) is 22.8. The van der Waals surface area contributed by atoms with Crippen LogP contribution in [0.4, 0.5) is 4.39 Å². The number of hydrogen-bond donors (Lipinski definition) is 2. The summed E-state index contributed by atoms with van der Waals surface area (Å²) in [6.07, 6.45) is 1.95. The first-order valence-corrected chi connectivity index (χ1v) is 5.82. The lowest BCUT2D eigenvalue weighted by atomic mass is 10.1. The van der Waals surface area contributed by atoms with Crippen LogP contribution in [0, 0.1) is 5.82 Å². The molecule has 1 rings (SSSR count). The Morgan fingerprint density at radius 1 is 1.32 bits per heavy atom. The molecule has 0 radical (unpaired) electrons. The Labute approximate surface area is 110 Å². The van der Waals surface area contributed by atoms with Gasteiger partial charge < -0.3 is 10.4 Å². The zero-order valence-electron chi connectivity index (χ0n) is 10.8. The molecule has 1 aromatic rings. The van der Waals surface area contributed by atoms with Gasteiger partial charge in [-0.1, -0.05) is 11.6 Å². The molecule has 1 amide bonds. The van der Waals surface area contributed by atoms with Crippen molar-refractivity contribution in [3.8, 4) is 0 Å². The Balaban J connectivity index is 2.74. The van der Waals surface area contributed by atoms with Gasteiger partial charge in [-0.2, -0.15) is 0 Å². The van der Waals surface area contributed by atoms with Crippen molar-refractivity contribution in [3.05, 3.63) is 47.3 Å². The Bertz CT molecular complexity index is 490. The SMILES string of the molecule is CC(C)=CC[C@@H](NC(=O)c1ccc(F)cc1)C(=O)O. The van der Waals surface area contributed by atoms with E-state index in [9.17, 15) is 14.0 Å². The molecule has 0 spiro atoms. The molecule has 0 heterocycles. The predicted molar refractivity (Wildman–Crippen MR) is 69.3 cm³/mol. The molecule has 0 saturated heterocycles. The number of halogens is 1. The molecule has 4 nitrogen and oxygen atoms in total. The van der Waals surface area contributed by atoms with Gasteiger partial charge in [-0.05, 0) is 44.5 Å². The number of carboxylic acids is 1. The number of carboxylic acid groups (broad SMARTS) is 1. The first-order chi connectivity index (χ1) is 8.90. The third-order valence-electron chi connectivity index (χ3n) is 2.47. The Hall–Kier alpha value is -2.17. The summed E-state index contributed by atoms with van der Waals surface area (Å²) in [7, 11) is 0. The van der Waals surface area contributed by atoms with Crippen LogP contribution < -0.4 is 5.32 Å². The summed E-state index contributed by atoms with van der Waals surface area (Å²) in [5.41, 5.74) is 1.20. The minimum absolute atomic E-state index is 0.213. The van der Waals surface area contributed by atoms with Gasteiger partial charge in [0.15, 0.2) is 0 Å². The maximum Gasteiger partial charge on any atom is 0.326 e. The molecule has 0 aliphatic carbocycles. The number of hydrogen-bond acceptors (Lipinski definition) is 2. The van der Waals surface area contributed by atoms with Gasteiger partial charge in [0.25, 0.3) is 5.91 Å². The molecule has 0 fully saturated rings. The monoisotopic (exact) mass is 265 g/mol. The second kappa shape index (κ2) is 6.68. The third-order valence-corrected chi connectivity index (χ3v) is 2.47. The minimum Gasteiger partial charge on any atom is -0.480 e. The van der Waals surface area contributed by atoms with Gasteiger partial charge >= 0.3 is 5.97 Å². The van der Waals surface area contributed by atoms with Crippen LogP contribution in [0.25, 0.3) is 0 Å². The first kappa shape index (κ1) is 14.9. The van der Waals surface area contributed by atoms with E-state index in [1.807, 2.05) is 13.8 Å². The second-order valence-corrected chi connectivity index (χ2v) is 4.39. The zero-order valence-corrected chi connectivity index (χ0v) is 10.8. The maximum absolute atomic E-state index is 12.7. The van der Waals surface area contributed by atoms with E-state index in [0.717, 1.165) is 17.7 Å². The summed E-state index contributed by atoms with van der Waals surface area (Å²) in [5.74, 6) is -2.08. The number of aliphatic carboxylic acids is 1. The number of rotatable bonds is 5. The van der Waals surface area contributed by atoms with Crippen LogP contribution in [0.2, 0.25) is 0 Å². The van der Waals surface area contributed by atoms with Crippen molar-refractivity contribution in [2.24, 2.45) is 0 Å². The summed E-state index contributed by atoms with van der Waals surface area (Å²) in [6.45, 7) is 3.70. The van der Waals surface area contributed by atoms with Crippen LogP contribution in [-0.2, 0) is 4.79 Å². The van der Waals surface area contributed by atoms with Crippen molar-refractivity contribution < 1.29 is 19.1 Å². The molecule has 0 aliphatic rings. The van der Waals surface area contributed by atoms with E-state index >= 15 is 0 Å². The summed E-state index contributed by atoms with van der Waals surface area (Å²) >= 11 is 0. The topological polar surface area (TPSA) is 66.4 Å². The fourth-order valence-corrected chi connectivity index (χ4v) is 1.42. The average Bonchev–Trinajstić information content (AvgIpc) is 2.34. The van der Waals surface area contributed by atoms with Crippen molar-refractivity contribution in [3.63, 3.8) is 0 Å². The molecule has 0 aliphatic heterocycles. The lowest BCUT2D eigenvalue weighted by Gasteiger charge is -2.13. The van der Waals surface area contributed by atoms with Crippen molar-refractivity contribution in [1.29, 1.82) is 0 Å². The number of amides is 1. The van der Waals surface area contributed by atoms with Crippen LogP contribution in [-0.4, -0.2) is 23.0 Å². The molecule has 0 bridgehead atoms. The molecule has 19 heavy (non-hydrogen) atoms. The number of allylic oxidation sites excluding steroid dienone is 1. The molecular weight excluding hydrogens is 249 g/mol. The molecule has 1 atom stereocenters. The molecule has 0 aromatic heterocycles. The van der Waals surface area contributed by atoms with Crippen molar-refractivity contribution in [2.45, 2.75) is 26.3 Å². The van der Waals surface area contributed by atoms with E-state index in [1.54, 1.807) is 6.08 Å². The van der Waals surface area contributed by atoms with E-state index in [0.29, 0.717) is 0 Å². The quantitative estimate of drug-likeness (QED) is 0.803. The van der Waals surface area contributed by atoms with Gasteiger partial charge in [0.2, 0.25) is 0 Å². The summed E-state index contributed by atoms with van der Waals surface area (Å²) < 4.78 is 12.7. The standard InChI is InChI=1S/C14H16FNO3/c1-9(2)3-8-12(14(18)19)16-13(17)10-4-6-11(15)7-5-10/h3-7,12H,8H2,1-2H3,(H,16,17)(H,18,19)/t12-/m1/s1. The minimum atomic E-state index is -1.10. The molecule has 0 unspecified atom stereocenters. The van der Waals surface area contributed by atoms with Gasteiger partial charge in [-0.3, -0.25) is 4.79 Å². The number of carbonyl (C=O) groups excluding carboxylic acids is 1. The molecule has 5 heteroatoms. The van der Waals surface area contributed by atoms with Crippen LogP contribution >= 0.6 is 0 Å². The van der Waals surface area contributed by atoms with Crippen molar-refractivity contribution >= 4 is 11.9 Å². The van der Waals surface area contributed by atoms with Gasteiger partial charge in [0, 0.05) is 5.56 Å². The smallest absolute Gasteiger partial charge is 0.326 e. The summed E-state index contributed by atoms with van der Waals surface area (Å²) in [5, 5.41) is 11.4. The van der Waals surface area contributed by atoms with Crippen molar-refractivity contribution in [2.75, 3.05) is 0 Å². The normalized spacial score (nSPS) is 11.5. The van der Waals surface area contributed by atoms with Crippen LogP contribution in [0.5, 0.6) is 0 Å². The van der Waals surface area contributed by atoms with E-state index in [4.69, 9.17) is 5.11 Å². The highest BCUT2D eigenvalue weighted by Gasteiger charge is 2.19. The summed E-state index contributed by atoms with van der Waals surface area (Å²) in [6, 6.07) is 3.93. The van der Waals surface area contributed by atoms with E-state index in [2.05, 4.69) is 5.32 Å². The molecule has 1 aromatic carbocycles. The first-order valence-electron chi connectivity index (χ1n) is 5.82. The Morgan fingerprint density at radius 2 is 1.89 bits per heavy atom. The van der Waals surface area contributed by atoms with Gasteiger partial charge in [0.05, 0.1) is 0 Å². The second-order valence-electron chi connectivity index (χ2n) is 4.39. The molecular formula is C14H16FNO3. The lowest BCUT2D eigenvalue weighted by molar-refractivity contribution is -0.139. The Morgan fingerprint density at radius 3 is 2.37 bits per heavy atom. The van der Waals surface area contributed by atoms with Crippen LogP contribution in [0.3, 0.4) is 0 Å². The molecule has 102 valence electrons. The average molecular weight is 265 g/mol. The maximum atomic E-state index is 12.7. The van der Waals surface area contributed by atoms with Crippen LogP contribution in [0.15, 0.2) is 35.9 Å². The predicted octanol–water partition coefficient (Wildman–Crippen LogP) is 2.37. The molecule has 2 N–H and O–H groups in total. The van der Waals surface area contributed by atoms with E-state index in [1.165, 1.54) is 12.1 Å². The number of nitrogens with one attached hydrogen (secondary N) is 1. The Kier molecular flexibility index (Phi) is 5.23. The van der Waals surface area contributed by atoms with Crippen LogP contribution in [0.1, 0.15) is 30.6 Å². The number of benzene rings is 1. The highest BCUT2D eigenvalue weighted by atomic mass is 19.1. The lowest BCUT2D eigenvalue weighted by Crippen LogP contribution is -2.40. The zero-order chi connectivity index (χ0) is 14.4. The van der Waals surface area contributed by atoms with Gasteiger partial charge in [0.1, 0.15) is 11.9 Å². The van der Waals surface area contributed by atoms with E-state index in [-0.39, 0.29) is 12.0 Å². The van der Waals surface area contributed by atoms with Gasteiger partial charge in [-0.15, -0.1) is 0 Å². The number of carbonyl (C=O) groups is 2. The fraction of sp³-hybridized carbons (Fsp3) is 0.286. The molecule has 0 saturated carbocycles.